The van der Waals surface area contributed by atoms with Crippen molar-refractivity contribution in [1.29, 1.82) is 0 Å². The van der Waals surface area contributed by atoms with Crippen molar-refractivity contribution in [2.24, 2.45) is 0 Å². The molecule has 1 N–H and O–H groups in total. The summed E-state index contributed by atoms with van der Waals surface area (Å²) in [7, 11) is 0. The molecule has 0 aliphatic carbocycles. The molecular weight excluding hydrogens is 244 g/mol. The second kappa shape index (κ2) is 6.20. The van der Waals surface area contributed by atoms with Gasteiger partial charge >= 0.3 is 5.97 Å². The summed E-state index contributed by atoms with van der Waals surface area (Å²) in [6.07, 6.45) is 5.21. The number of hydrogen-bond donors (Lipinski definition) is 1. The zero-order chi connectivity index (χ0) is 13.1. The van der Waals surface area contributed by atoms with Crippen LogP contribution < -0.4 is 5.32 Å². The highest BCUT2D eigenvalue weighted by Crippen LogP contribution is 2.26. The van der Waals surface area contributed by atoms with Gasteiger partial charge in [0.1, 0.15) is 12.1 Å². The number of rotatable bonds is 3. The van der Waals surface area contributed by atoms with Crippen molar-refractivity contribution in [2.75, 3.05) is 32.8 Å². The van der Waals surface area contributed by atoms with Crippen LogP contribution in [0.5, 0.6) is 0 Å². The molecule has 0 aromatic rings. The van der Waals surface area contributed by atoms with E-state index in [1.165, 1.54) is 0 Å². The van der Waals surface area contributed by atoms with Gasteiger partial charge in [-0.25, -0.2) is 0 Å². The number of nitrogens with one attached hydrogen (secondary N) is 1. The van der Waals surface area contributed by atoms with Gasteiger partial charge < -0.3 is 14.8 Å². The molecule has 3 saturated heterocycles. The lowest BCUT2D eigenvalue weighted by atomic mass is 10.0. The molecular formula is C14H24N2O3. The molecule has 108 valence electrons. The summed E-state index contributed by atoms with van der Waals surface area (Å²) in [6, 6.07) is 0.546. The Morgan fingerprint density at radius 2 is 2.05 bits per heavy atom. The standard InChI is InChI=1S/C14H24N2O3/c17-14(19-12-5-9-18-10-12)13-2-1-8-16(13)11-3-6-15-7-4-11/h11-13,15H,1-10H2. The maximum Gasteiger partial charge on any atom is 0.323 e. The Morgan fingerprint density at radius 3 is 2.79 bits per heavy atom. The largest absolute Gasteiger partial charge is 0.459 e. The van der Waals surface area contributed by atoms with Crippen molar-refractivity contribution >= 4 is 5.97 Å². The summed E-state index contributed by atoms with van der Waals surface area (Å²) in [5.41, 5.74) is 0. The Kier molecular flexibility index (Phi) is 4.35. The molecule has 3 aliphatic heterocycles. The molecule has 5 nitrogen and oxygen atoms in total. The molecule has 0 radical (unpaired) electrons. The molecule has 5 heteroatoms. The zero-order valence-electron chi connectivity index (χ0n) is 11.5. The number of likely N-dealkylation sites (tertiary alicyclic amines) is 1. The van der Waals surface area contributed by atoms with E-state index < -0.39 is 0 Å². The quantitative estimate of drug-likeness (QED) is 0.757. The Balaban J connectivity index is 1.56. The topological polar surface area (TPSA) is 50.8 Å². The fraction of sp³-hybridized carbons (Fsp3) is 0.929. The monoisotopic (exact) mass is 268 g/mol. The highest BCUT2D eigenvalue weighted by atomic mass is 16.6. The lowest BCUT2D eigenvalue weighted by Crippen LogP contribution is -2.48. The van der Waals surface area contributed by atoms with Crippen molar-refractivity contribution < 1.29 is 14.3 Å². The Labute approximate surface area is 114 Å². The van der Waals surface area contributed by atoms with Gasteiger partial charge in [0.2, 0.25) is 0 Å². The maximum absolute atomic E-state index is 12.3. The van der Waals surface area contributed by atoms with Crippen LogP contribution in [-0.2, 0) is 14.3 Å². The van der Waals surface area contributed by atoms with E-state index in [1.807, 2.05) is 0 Å². The van der Waals surface area contributed by atoms with E-state index in [9.17, 15) is 4.79 Å². The van der Waals surface area contributed by atoms with E-state index in [1.54, 1.807) is 0 Å². The third-order valence-corrected chi connectivity index (χ3v) is 4.51. The van der Waals surface area contributed by atoms with Crippen LogP contribution in [0.25, 0.3) is 0 Å². The van der Waals surface area contributed by atoms with Crippen LogP contribution in [0.3, 0.4) is 0 Å². The van der Waals surface area contributed by atoms with Gasteiger partial charge in [-0.15, -0.1) is 0 Å². The van der Waals surface area contributed by atoms with Gasteiger partial charge in [0.15, 0.2) is 0 Å². The summed E-state index contributed by atoms with van der Waals surface area (Å²) >= 11 is 0. The first-order chi connectivity index (χ1) is 9.34. The van der Waals surface area contributed by atoms with E-state index in [0.717, 1.165) is 58.3 Å². The summed E-state index contributed by atoms with van der Waals surface area (Å²) < 4.78 is 10.9. The molecule has 3 heterocycles. The van der Waals surface area contributed by atoms with Gasteiger partial charge in [-0.1, -0.05) is 0 Å². The third-order valence-electron chi connectivity index (χ3n) is 4.51. The summed E-state index contributed by atoms with van der Waals surface area (Å²) in [6.45, 7) is 4.48. The highest BCUT2D eigenvalue weighted by molar-refractivity contribution is 5.76. The Hall–Kier alpha value is -0.650. The number of carbonyl (C=O) groups is 1. The summed E-state index contributed by atoms with van der Waals surface area (Å²) in [5, 5.41) is 3.38. The third kappa shape index (κ3) is 3.09. The van der Waals surface area contributed by atoms with E-state index in [0.29, 0.717) is 12.6 Å². The van der Waals surface area contributed by atoms with Crippen LogP contribution in [-0.4, -0.2) is 61.9 Å². The van der Waals surface area contributed by atoms with Crippen molar-refractivity contribution in [1.82, 2.24) is 10.2 Å². The predicted molar refractivity (Wildman–Crippen MR) is 70.9 cm³/mol. The van der Waals surface area contributed by atoms with Crippen LogP contribution in [0, 0.1) is 0 Å². The molecule has 2 atom stereocenters. The minimum absolute atomic E-state index is 0.0105. The van der Waals surface area contributed by atoms with Crippen molar-refractivity contribution in [3.05, 3.63) is 0 Å². The molecule has 3 fully saturated rings. The SMILES string of the molecule is O=C(OC1CCOC1)C1CCCN1C1CCNCC1. The molecule has 3 rings (SSSR count). The number of ether oxygens (including phenoxy) is 2. The molecule has 2 unspecified atom stereocenters. The average molecular weight is 268 g/mol. The van der Waals surface area contributed by atoms with Crippen molar-refractivity contribution in [3.8, 4) is 0 Å². The van der Waals surface area contributed by atoms with E-state index in [-0.39, 0.29) is 18.1 Å². The number of esters is 1. The molecule has 19 heavy (non-hydrogen) atoms. The van der Waals surface area contributed by atoms with Gasteiger partial charge in [-0.2, -0.15) is 0 Å². The number of hydrogen-bond acceptors (Lipinski definition) is 5. The first-order valence-electron chi connectivity index (χ1n) is 7.59. The van der Waals surface area contributed by atoms with Gasteiger partial charge in [-0.05, 0) is 45.3 Å². The lowest BCUT2D eigenvalue weighted by molar-refractivity contribution is -0.155. The number of piperidine rings is 1. The predicted octanol–water partition coefficient (Wildman–Crippen LogP) is 0.535. The van der Waals surface area contributed by atoms with Gasteiger partial charge in [0.05, 0.1) is 13.2 Å². The van der Waals surface area contributed by atoms with Gasteiger partial charge in [0, 0.05) is 12.5 Å². The fourth-order valence-corrected chi connectivity index (χ4v) is 3.47. The minimum Gasteiger partial charge on any atom is -0.459 e. The van der Waals surface area contributed by atoms with Crippen molar-refractivity contribution in [3.63, 3.8) is 0 Å². The molecule has 0 saturated carbocycles. The lowest BCUT2D eigenvalue weighted by Gasteiger charge is -2.35. The fourth-order valence-electron chi connectivity index (χ4n) is 3.47. The number of carbonyl (C=O) groups excluding carboxylic acids is 1. The van der Waals surface area contributed by atoms with E-state index >= 15 is 0 Å². The first-order valence-corrected chi connectivity index (χ1v) is 7.59. The minimum atomic E-state index is -0.0217. The summed E-state index contributed by atoms with van der Waals surface area (Å²) in [5.74, 6) is -0.0217. The molecule has 0 amide bonds. The highest BCUT2D eigenvalue weighted by Gasteiger charge is 2.37. The van der Waals surface area contributed by atoms with Gasteiger partial charge in [0.25, 0.3) is 0 Å². The normalized spacial score (nSPS) is 33.7. The zero-order valence-corrected chi connectivity index (χ0v) is 11.5. The van der Waals surface area contributed by atoms with E-state index in [4.69, 9.17) is 9.47 Å². The molecule has 0 aromatic carbocycles. The first kappa shape index (κ1) is 13.3. The van der Waals surface area contributed by atoms with Crippen LogP contribution in [0.4, 0.5) is 0 Å². The molecule has 0 bridgehead atoms. The second-order valence-electron chi connectivity index (χ2n) is 5.80. The Bertz CT molecular complexity index is 312. The van der Waals surface area contributed by atoms with Crippen LogP contribution >= 0.6 is 0 Å². The van der Waals surface area contributed by atoms with Crippen LogP contribution in [0.2, 0.25) is 0 Å². The maximum atomic E-state index is 12.3. The van der Waals surface area contributed by atoms with Crippen molar-refractivity contribution in [2.45, 2.75) is 50.3 Å². The molecule has 0 spiro atoms. The molecule has 0 aromatic heterocycles. The second-order valence-corrected chi connectivity index (χ2v) is 5.80. The van der Waals surface area contributed by atoms with Crippen LogP contribution in [0.15, 0.2) is 0 Å². The average Bonchev–Trinajstić information content (AvgIpc) is 3.10. The summed E-state index contributed by atoms with van der Waals surface area (Å²) in [4.78, 5) is 14.7. The van der Waals surface area contributed by atoms with Gasteiger partial charge in [-0.3, -0.25) is 9.69 Å². The smallest absolute Gasteiger partial charge is 0.323 e. The van der Waals surface area contributed by atoms with E-state index in [2.05, 4.69) is 10.2 Å². The number of nitrogens with zero attached hydrogens (tertiary/aromatic N) is 1. The van der Waals surface area contributed by atoms with Crippen LogP contribution in [0.1, 0.15) is 32.1 Å². The molecule has 3 aliphatic rings. The Morgan fingerprint density at radius 1 is 1.21 bits per heavy atom.